The summed E-state index contributed by atoms with van der Waals surface area (Å²) in [5, 5.41) is 3.33. The Hall–Kier alpha value is -3.05. The summed E-state index contributed by atoms with van der Waals surface area (Å²) in [6, 6.07) is 21.6. The predicted molar refractivity (Wildman–Crippen MR) is 98.2 cm³/mol. The second-order valence-electron chi connectivity index (χ2n) is 5.75. The lowest BCUT2D eigenvalue weighted by molar-refractivity contribution is 0.0561. The van der Waals surface area contributed by atoms with Crippen LogP contribution in [0.5, 0.6) is 5.75 Å². The quantitative estimate of drug-likeness (QED) is 0.653. The molecule has 2 aromatic carbocycles. The Bertz CT molecular complexity index is 840. The van der Waals surface area contributed by atoms with E-state index >= 15 is 0 Å². The van der Waals surface area contributed by atoms with Crippen molar-refractivity contribution in [2.24, 2.45) is 0 Å². The summed E-state index contributed by atoms with van der Waals surface area (Å²) in [7, 11) is 3.26. The van der Waals surface area contributed by atoms with Crippen molar-refractivity contribution in [3.05, 3.63) is 89.4 Å². The van der Waals surface area contributed by atoms with Crippen molar-refractivity contribution < 1.29 is 18.7 Å². The number of nitrogens with one attached hydrogen (secondary N) is 1. The first-order chi connectivity index (χ1) is 12.7. The molecule has 134 valence electrons. The molecule has 0 fully saturated rings. The van der Waals surface area contributed by atoms with Gasteiger partial charge in [0, 0.05) is 0 Å². The molecule has 0 saturated carbocycles. The number of ether oxygens (including phenoxy) is 2. The van der Waals surface area contributed by atoms with E-state index in [9.17, 15) is 4.79 Å². The van der Waals surface area contributed by atoms with Crippen LogP contribution in [0.4, 0.5) is 0 Å². The second kappa shape index (κ2) is 8.36. The van der Waals surface area contributed by atoms with Gasteiger partial charge in [-0.2, -0.15) is 0 Å². The van der Waals surface area contributed by atoms with Crippen molar-refractivity contribution in [3.8, 4) is 5.75 Å². The Morgan fingerprint density at radius 1 is 1.00 bits per heavy atom. The Morgan fingerprint density at radius 3 is 2.35 bits per heavy atom. The van der Waals surface area contributed by atoms with Crippen molar-refractivity contribution in [3.63, 3.8) is 0 Å². The number of hydrogen-bond acceptors (Lipinski definition) is 5. The first kappa shape index (κ1) is 17.8. The van der Waals surface area contributed by atoms with E-state index in [-0.39, 0.29) is 18.4 Å². The molecule has 1 heterocycles. The van der Waals surface area contributed by atoms with E-state index in [1.807, 2.05) is 49.5 Å². The number of methoxy groups -OCH3 is 1. The molecular formula is C21H21NO4. The molecule has 0 saturated heterocycles. The Balaban J connectivity index is 1.64. The summed E-state index contributed by atoms with van der Waals surface area (Å²) < 4.78 is 15.7. The number of rotatable bonds is 7. The Labute approximate surface area is 152 Å². The van der Waals surface area contributed by atoms with Crippen molar-refractivity contribution in [2.75, 3.05) is 14.2 Å². The maximum Gasteiger partial charge on any atom is 0.373 e. The highest BCUT2D eigenvalue weighted by Gasteiger charge is 2.13. The molecule has 0 aliphatic heterocycles. The maximum atomic E-state index is 11.4. The number of hydrogen-bond donors (Lipinski definition) is 1. The molecule has 0 amide bonds. The third-order valence-electron chi connectivity index (χ3n) is 4.06. The van der Waals surface area contributed by atoms with Crippen LogP contribution < -0.4 is 10.1 Å². The standard InChI is InChI=1S/C21H21NO4/c1-22-20(15-6-4-3-5-7-15)16-8-10-17(11-9-16)25-14-18-12-13-19(26-18)21(23)24-2/h3-13,20,22H,14H2,1-2H3. The molecule has 1 atom stereocenters. The highest BCUT2D eigenvalue weighted by atomic mass is 16.5. The van der Waals surface area contributed by atoms with Crippen molar-refractivity contribution in [2.45, 2.75) is 12.6 Å². The van der Waals surface area contributed by atoms with E-state index in [2.05, 4.69) is 22.2 Å². The molecule has 0 spiro atoms. The first-order valence-corrected chi connectivity index (χ1v) is 8.33. The SMILES string of the molecule is CNC(c1ccccc1)c1ccc(OCc2ccc(C(=O)OC)o2)cc1. The third kappa shape index (κ3) is 4.13. The van der Waals surface area contributed by atoms with E-state index in [0.29, 0.717) is 5.76 Å². The number of furan rings is 1. The molecule has 5 heteroatoms. The maximum absolute atomic E-state index is 11.4. The molecular weight excluding hydrogens is 330 g/mol. The minimum absolute atomic E-state index is 0.123. The number of benzene rings is 2. The van der Waals surface area contributed by atoms with E-state index in [1.54, 1.807) is 12.1 Å². The van der Waals surface area contributed by atoms with Gasteiger partial charge in [-0.05, 0) is 42.4 Å². The number of carbonyl (C=O) groups excluding carboxylic acids is 1. The molecule has 1 N–H and O–H groups in total. The van der Waals surface area contributed by atoms with Crippen molar-refractivity contribution in [1.82, 2.24) is 5.32 Å². The summed E-state index contributed by atoms with van der Waals surface area (Å²) in [5.41, 5.74) is 2.35. The van der Waals surface area contributed by atoms with Crippen LogP contribution in [-0.2, 0) is 11.3 Å². The van der Waals surface area contributed by atoms with Crippen LogP contribution in [0.1, 0.15) is 33.5 Å². The summed E-state index contributed by atoms with van der Waals surface area (Å²) >= 11 is 0. The van der Waals surface area contributed by atoms with Crippen LogP contribution in [0.15, 0.2) is 71.1 Å². The fourth-order valence-electron chi connectivity index (χ4n) is 2.75. The predicted octanol–water partition coefficient (Wildman–Crippen LogP) is 3.95. The highest BCUT2D eigenvalue weighted by Crippen LogP contribution is 2.24. The first-order valence-electron chi connectivity index (χ1n) is 8.33. The normalized spacial score (nSPS) is 11.8. The number of esters is 1. The van der Waals surface area contributed by atoms with Gasteiger partial charge in [-0.15, -0.1) is 0 Å². The Kier molecular flexibility index (Phi) is 5.71. The van der Waals surface area contributed by atoms with Crippen molar-refractivity contribution in [1.29, 1.82) is 0 Å². The molecule has 0 radical (unpaired) electrons. The van der Waals surface area contributed by atoms with Gasteiger partial charge in [0.1, 0.15) is 18.1 Å². The average Bonchev–Trinajstić information content (AvgIpc) is 3.17. The van der Waals surface area contributed by atoms with Crippen LogP contribution in [0.2, 0.25) is 0 Å². The van der Waals surface area contributed by atoms with Gasteiger partial charge >= 0.3 is 5.97 Å². The molecule has 26 heavy (non-hydrogen) atoms. The third-order valence-corrected chi connectivity index (χ3v) is 4.06. The second-order valence-corrected chi connectivity index (χ2v) is 5.75. The summed E-state index contributed by atoms with van der Waals surface area (Å²) in [4.78, 5) is 11.4. The van der Waals surface area contributed by atoms with Crippen LogP contribution in [0.25, 0.3) is 0 Å². The lowest BCUT2D eigenvalue weighted by Crippen LogP contribution is -2.17. The zero-order chi connectivity index (χ0) is 18.4. The fraction of sp³-hybridized carbons (Fsp3) is 0.190. The summed E-state index contributed by atoms with van der Waals surface area (Å²) in [6.45, 7) is 0.241. The number of carbonyl (C=O) groups is 1. The summed E-state index contributed by atoms with van der Waals surface area (Å²) in [5.74, 6) is 0.959. The highest BCUT2D eigenvalue weighted by molar-refractivity contribution is 5.86. The van der Waals surface area contributed by atoms with Crippen LogP contribution in [0, 0.1) is 0 Å². The van der Waals surface area contributed by atoms with E-state index in [4.69, 9.17) is 9.15 Å². The van der Waals surface area contributed by atoms with Gasteiger partial charge in [-0.1, -0.05) is 42.5 Å². The van der Waals surface area contributed by atoms with E-state index in [0.717, 1.165) is 11.3 Å². The zero-order valence-electron chi connectivity index (χ0n) is 14.8. The molecule has 0 aliphatic rings. The van der Waals surface area contributed by atoms with Crippen LogP contribution in [0.3, 0.4) is 0 Å². The van der Waals surface area contributed by atoms with Gasteiger partial charge in [-0.3, -0.25) is 0 Å². The minimum Gasteiger partial charge on any atom is -0.486 e. The van der Waals surface area contributed by atoms with E-state index < -0.39 is 5.97 Å². The van der Waals surface area contributed by atoms with Gasteiger partial charge in [0.25, 0.3) is 0 Å². The molecule has 5 nitrogen and oxygen atoms in total. The lowest BCUT2D eigenvalue weighted by Gasteiger charge is -2.17. The smallest absolute Gasteiger partial charge is 0.373 e. The van der Waals surface area contributed by atoms with Gasteiger partial charge in [-0.25, -0.2) is 4.79 Å². The molecule has 0 aliphatic carbocycles. The van der Waals surface area contributed by atoms with E-state index in [1.165, 1.54) is 12.7 Å². The lowest BCUT2D eigenvalue weighted by atomic mass is 9.99. The largest absolute Gasteiger partial charge is 0.486 e. The Morgan fingerprint density at radius 2 is 1.69 bits per heavy atom. The molecule has 3 rings (SSSR count). The van der Waals surface area contributed by atoms with Crippen LogP contribution in [-0.4, -0.2) is 20.1 Å². The molecule has 0 bridgehead atoms. The van der Waals surface area contributed by atoms with Gasteiger partial charge in [0.05, 0.1) is 13.2 Å². The van der Waals surface area contributed by atoms with Gasteiger partial charge in [0.2, 0.25) is 5.76 Å². The molecule has 1 aromatic heterocycles. The molecule has 1 unspecified atom stereocenters. The molecule has 3 aromatic rings. The topological polar surface area (TPSA) is 60.7 Å². The van der Waals surface area contributed by atoms with Crippen molar-refractivity contribution >= 4 is 5.97 Å². The average molecular weight is 351 g/mol. The summed E-state index contributed by atoms with van der Waals surface area (Å²) in [6.07, 6.45) is 0. The fourth-order valence-corrected chi connectivity index (χ4v) is 2.75. The zero-order valence-corrected chi connectivity index (χ0v) is 14.8. The minimum atomic E-state index is -0.500. The van der Waals surface area contributed by atoms with Gasteiger partial charge < -0.3 is 19.2 Å². The van der Waals surface area contributed by atoms with Crippen LogP contribution >= 0.6 is 0 Å². The van der Waals surface area contributed by atoms with Gasteiger partial charge in [0.15, 0.2) is 0 Å². The monoisotopic (exact) mass is 351 g/mol.